The van der Waals surface area contributed by atoms with Gasteiger partial charge in [-0.1, -0.05) is 30.3 Å². The van der Waals surface area contributed by atoms with Crippen LogP contribution < -0.4 is 21.1 Å². The Bertz CT molecular complexity index is 2470. The molecule has 0 radical (unpaired) electrons. The smallest absolute Gasteiger partial charge is 0.364 e. The summed E-state index contributed by atoms with van der Waals surface area (Å²) in [4.78, 5) is 29.1. The van der Waals surface area contributed by atoms with E-state index >= 15 is 4.39 Å². The quantitative estimate of drug-likeness (QED) is 0.162. The Morgan fingerprint density at radius 3 is 2.58 bits per heavy atom. The Morgan fingerprint density at radius 2 is 1.85 bits per heavy atom. The zero-order chi connectivity index (χ0) is 36.8. The molecule has 0 amide bonds. The van der Waals surface area contributed by atoms with Crippen molar-refractivity contribution in [3.8, 4) is 11.1 Å². The molecule has 52 heavy (non-hydrogen) atoms. The Kier molecular flexibility index (Phi) is 9.31. The van der Waals surface area contributed by atoms with Crippen molar-refractivity contribution in [1.82, 2.24) is 24.8 Å². The van der Waals surface area contributed by atoms with Crippen molar-refractivity contribution in [2.45, 2.75) is 41.7 Å². The second-order valence-electron chi connectivity index (χ2n) is 12.4. The maximum Gasteiger partial charge on any atom is 0.416 e. The molecule has 4 heterocycles. The van der Waals surface area contributed by atoms with Crippen LogP contribution in [-0.4, -0.2) is 53.6 Å². The Morgan fingerprint density at radius 1 is 1.04 bits per heavy atom. The highest BCUT2D eigenvalue weighted by atomic mass is 32.2. The highest BCUT2D eigenvalue weighted by Crippen LogP contribution is 2.35. The van der Waals surface area contributed by atoms with Crippen molar-refractivity contribution < 1.29 is 26.0 Å². The number of sulfone groups is 1. The summed E-state index contributed by atoms with van der Waals surface area (Å²) in [6.45, 7) is 5.13. The van der Waals surface area contributed by atoms with Crippen molar-refractivity contribution in [3.63, 3.8) is 0 Å². The normalized spacial score (nSPS) is 15.3. The third-order valence-corrected chi connectivity index (χ3v) is 12.2. The number of thiazole rings is 1. The Labute approximate surface area is 299 Å². The van der Waals surface area contributed by atoms with E-state index in [1.165, 1.54) is 60.4 Å². The van der Waals surface area contributed by atoms with Crippen LogP contribution in [0.4, 0.5) is 34.9 Å². The molecule has 1 aliphatic heterocycles. The number of halogens is 4. The fraction of sp³-hybridized carbons (Fsp3) is 0.222. The number of alkyl halides is 3. The molecule has 10 nitrogen and oxygen atoms in total. The number of nitrogens with one attached hydrogen (secondary N) is 2. The molecule has 1 atom stereocenters. The number of hydrogen-bond acceptors (Lipinski definition) is 10. The summed E-state index contributed by atoms with van der Waals surface area (Å²) in [6.07, 6.45) is -2.06. The van der Waals surface area contributed by atoms with Crippen LogP contribution in [0, 0.1) is 12.7 Å². The molecule has 16 heteroatoms. The number of nitrogens with zero attached hydrogens (tertiary/aromatic N) is 5. The number of aromatic nitrogens is 4. The number of benzene rings is 3. The Balaban J connectivity index is 1.34. The minimum Gasteiger partial charge on any atom is -0.364 e. The van der Waals surface area contributed by atoms with Gasteiger partial charge in [0.1, 0.15) is 15.7 Å². The summed E-state index contributed by atoms with van der Waals surface area (Å²) in [6, 6.07) is 15.6. The number of rotatable bonds is 8. The summed E-state index contributed by atoms with van der Waals surface area (Å²) >= 11 is 0.952. The van der Waals surface area contributed by atoms with Gasteiger partial charge in [-0.15, -0.1) is 11.3 Å². The lowest BCUT2D eigenvalue weighted by atomic mass is 10.0. The fourth-order valence-corrected chi connectivity index (χ4v) is 8.89. The predicted molar refractivity (Wildman–Crippen MR) is 191 cm³/mol. The van der Waals surface area contributed by atoms with Crippen LogP contribution in [0.1, 0.15) is 23.6 Å². The van der Waals surface area contributed by atoms with Gasteiger partial charge < -0.3 is 15.5 Å². The molecular formula is C36H31F4N7O3S2. The highest BCUT2D eigenvalue weighted by molar-refractivity contribution is 7.93. The van der Waals surface area contributed by atoms with Crippen molar-refractivity contribution in [2.24, 2.45) is 0 Å². The molecule has 0 saturated carbocycles. The van der Waals surface area contributed by atoms with E-state index in [2.05, 4.69) is 25.6 Å². The first kappa shape index (κ1) is 35.2. The van der Waals surface area contributed by atoms with Gasteiger partial charge in [0.25, 0.3) is 5.56 Å². The largest absolute Gasteiger partial charge is 0.416 e. The van der Waals surface area contributed by atoms with E-state index in [-0.39, 0.29) is 49.0 Å². The molecule has 1 unspecified atom stereocenters. The molecule has 1 aliphatic rings. The minimum absolute atomic E-state index is 0.0149. The molecule has 1 fully saturated rings. The van der Waals surface area contributed by atoms with E-state index in [1.807, 2.05) is 11.8 Å². The fourth-order valence-electron chi connectivity index (χ4n) is 6.45. The first-order valence-corrected chi connectivity index (χ1v) is 18.5. The van der Waals surface area contributed by atoms with Crippen molar-refractivity contribution >= 4 is 49.5 Å². The number of pyridine rings is 1. The molecule has 1 saturated heterocycles. The molecular weight excluding hydrogens is 719 g/mol. The van der Waals surface area contributed by atoms with Gasteiger partial charge in [-0.3, -0.25) is 14.3 Å². The van der Waals surface area contributed by atoms with Crippen molar-refractivity contribution in [2.75, 3.05) is 29.9 Å². The van der Waals surface area contributed by atoms with E-state index < -0.39 is 39.5 Å². The summed E-state index contributed by atoms with van der Waals surface area (Å²) in [5.41, 5.74) is 0.967. The monoisotopic (exact) mass is 749 g/mol. The van der Waals surface area contributed by atoms with Gasteiger partial charge in [-0.05, 0) is 66.9 Å². The van der Waals surface area contributed by atoms with Crippen molar-refractivity contribution in [3.05, 3.63) is 117 Å². The standard InChI is InChI=1S/C36H31F4N7O3S2/c1-21-16-41-12-13-46(21)30-11-10-25(15-29(30)37)44-35-43-17-24-14-27(26-7-5-9-31(22(26)2)52(49,50)32-18-42-20-51-32)34(48)47(33(24)45-35)19-23-6-3-4-8-28(23)36(38,39)40/h3-11,14-15,17-18,20-21,41H,12-13,16,19H2,1-2H3,(H,43,44,45). The second-order valence-corrected chi connectivity index (χ2v) is 15.4. The maximum atomic E-state index is 15.4. The minimum atomic E-state index is -4.70. The Hall–Kier alpha value is -5.19. The van der Waals surface area contributed by atoms with E-state index in [9.17, 15) is 26.4 Å². The summed E-state index contributed by atoms with van der Waals surface area (Å²) in [7, 11) is -3.99. The zero-order valence-electron chi connectivity index (χ0n) is 27.8. The lowest BCUT2D eigenvalue weighted by Gasteiger charge is -2.36. The van der Waals surface area contributed by atoms with E-state index in [0.717, 1.165) is 35.1 Å². The van der Waals surface area contributed by atoms with Gasteiger partial charge in [0.15, 0.2) is 0 Å². The summed E-state index contributed by atoms with van der Waals surface area (Å²) in [5, 5.41) is 6.53. The molecule has 0 spiro atoms. The van der Waals surface area contributed by atoms with Crippen LogP contribution in [0.15, 0.2) is 98.5 Å². The third-order valence-electron chi connectivity index (χ3n) is 9.03. The van der Waals surface area contributed by atoms with Crippen LogP contribution in [-0.2, 0) is 22.6 Å². The molecule has 268 valence electrons. The molecule has 6 aromatic rings. The highest BCUT2D eigenvalue weighted by Gasteiger charge is 2.33. The zero-order valence-corrected chi connectivity index (χ0v) is 29.4. The van der Waals surface area contributed by atoms with Gasteiger partial charge in [-0.2, -0.15) is 18.2 Å². The van der Waals surface area contributed by atoms with Gasteiger partial charge in [0.2, 0.25) is 15.8 Å². The predicted octanol–water partition coefficient (Wildman–Crippen LogP) is 6.80. The van der Waals surface area contributed by atoms with Crippen LogP contribution in [0.2, 0.25) is 0 Å². The number of fused-ring (bicyclic) bond motifs is 1. The summed E-state index contributed by atoms with van der Waals surface area (Å²) < 4.78 is 85.8. The van der Waals surface area contributed by atoms with Gasteiger partial charge >= 0.3 is 6.18 Å². The number of anilines is 3. The molecule has 7 rings (SSSR count). The average Bonchev–Trinajstić information content (AvgIpc) is 3.67. The van der Waals surface area contributed by atoms with Crippen LogP contribution >= 0.6 is 11.3 Å². The van der Waals surface area contributed by atoms with E-state index in [0.29, 0.717) is 23.3 Å². The molecule has 2 N–H and O–H groups in total. The first-order valence-electron chi connectivity index (χ1n) is 16.2. The SMILES string of the molecule is Cc1c(-c2cc3cnc(Nc4ccc(N5CCNCC5C)c(F)c4)nc3n(Cc3ccccc3C(F)(F)F)c2=O)cccc1S(=O)(=O)c1cncs1. The number of piperazine rings is 1. The lowest BCUT2D eigenvalue weighted by Crippen LogP contribution is -2.50. The number of hydrogen-bond donors (Lipinski definition) is 2. The third kappa shape index (κ3) is 6.64. The summed E-state index contributed by atoms with van der Waals surface area (Å²) in [5.74, 6) is -0.478. The van der Waals surface area contributed by atoms with Gasteiger partial charge in [0, 0.05) is 48.5 Å². The van der Waals surface area contributed by atoms with E-state index in [4.69, 9.17) is 0 Å². The van der Waals surface area contributed by atoms with Crippen LogP contribution in [0.3, 0.4) is 0 Å². The van der Waals surface area contributed by atoms with Gasteiger partial charge in [0.05, 0.1) is 34.4 Å². The van der Waals surface area contributed by atoms with E-state index in [1.54, 1.807) is 25.1 Å². The van der Waals surface area contributed by atoms with Crippen molar-refractivity contribution in [1.29, 1.82) is 0 Å². The molecule has 0 bridgehead atoms. The molecule has 3 aromatic carbocycles. The first-order chi connectivity index (χ1) is 24.8. The second kappa shape index (κ2) is 13.7. The average molecular weight is 750 g/mol. The van der Waals surface area contributed by atoms with Crippen LogP contribution in [0.5, 0.6) is 0 Å². The molecule has 3 aromatic heterocycles. The maximum absolute atomic E-state index is 15.4. The topological polar surface area (TPSA) is 122 Å². The molecule has 0 aliphatic carbocycles. The lowest BCUT2D eigenvalue weighted by molar-refractivity contribution is -0.138. The van der Waals surface area contributed by atoms with Gasteiger partial charge in [-0.25, -0.2) is 17.8 Å². The van der Waals surface area contributed by atoms with Crippen LogP contribution in [0.25, 0.3) is 22.2 Å².